The van der Waals surface area contributed by atoms with E-state index in [0.717, 1.165) is 29.9 Å². The van der Waals surface area contributed by atoms with Crippen molar-refractivity contribution in [2.75, 3.05) is 18.5 Å². The Hall–Kier alpha value is -1.16. The molecule has 1 aromatic heterocycles. The van der Waals surface area contributed by atoms with E-state index < -0.39 is 0 Å². The van der Waals surface area contributed by atoms with Gasteiger partial charge in [0.05, 0.1) is 11.9 Å². The number of anilines is 1. The Balaban J connectivity index is 2.00. The van der Waals surface area contributed by atoms with E-state index in [4.69, 9.17) is 5.73 Å². The Bertz CT molecular complexity index is 339. The van der Waals surface area contributed by atoms with E-state index in [1.54, 1.807) is 12.4 Å². The van der Waals surface area contributed by atoms with Gasteiger partial charge in [0.2, 0.25) is 0 Å². The maximum atomic E-state index is 5.53. The van der Waals surface area contributed by atoms with Gasteiger partial charge in [-0.25, -0.2) is 4.98 Å². The predicted molar refractivity (Wildman–Crippen MR) is 60.5 cm³/mol. The normalized spacial score (nSPS) is 23.9. The summed E-state index contributed by atoms with van der Waals surface area (Å²) >= 11 is 0. The maximum Gasteiger partial charge on any atom is 0.147 e. The molecule has 2 N–H and O–H groups in total. The predicted octanol–water partition coefficient (Wildman–Crippen LogP) is 1.03. The van der Waals surface area contributed by atoms with Gasteiger partial charge in [-0.2, -0.15) is 0 Å². The van der Waals surface area contributed by atoms with E-state index in [0.29, 0.717) is 6.54 Å². The minimum Gasteiger partial charge on any atom is -0.358 e. The molecule has 0 aromatic carbocycles. The van der Waals surface area contributed by atoms with Crippen molar-refractivity contribution in [3.63, 3.8) is 0 Å². The summed E-state index contributed by atoms with van der Waals surface area (Å²) in [5.74, 6) is 2.63. The summed E-state index contributed by atoms with van der Waals surface area (Å²) in [5, 5.41) is 0. The molecule has 1 heterocycles. The Morgan fingerprint density at radius 3 is 2.87 bits per heavy atom. The van der Waals surface area contributed by atoms with Gasteiger partial charge in [0.1, 0.15) is 5.82 Å². The molecule has 82 valence electrons. The minimum absolute atomic E-state index is 0.453. The summed E-state index contributed by atoms with van der Waals surface area (Å²) in [6.45, 7) is 3.82. The second kappa shape index (κ2) is 4.14. The number of aromatic nitrogens is 2. The highest BCUT2D eigenvalue weighted by atomic mass is 15.2. The van der Waals surface area contributed by atoms with E-state index in [9.17, 15) is 0 Å². The summed E-state index contributed by atoms with van der Waals surface area (Å²) < 4.78 is 0. The lowest BCUT2D eigenvalue weighted by molar-refractivity contribution is 0.716. The van der Waals surface area contributed by atoms with E-state index in [1.807, 2.05) is 0 Å². The molecule has 0 spiro atoms. The third kappa shape index (κ3) is 2.45. The summed E-state index contributed by atoms with van der Waals surface area (Å²) in [7, 11) is 2.06. The molecule has 0 aliphatic heterocycles. The molecule has 0 saturated heterocycles. The zero-order valence-corrected chi connectivity index (χ0v) is 9.35. The Kier molecular flexibility index (Phi) is 2.86. The maximum absolute atomic E-state index is 5.53. The van der Waals surface area contributed by atoms with Crippen molar-refractivity contribution in [3.8, 4) is 0 Å². The van der Waals surface area contributed by atoms with Crippen LogP contribution in [-0.2, 0) is 6.54 Å². The monoisotopic (exact) mass is 206 g/mol. The van der Waals surface area contributed by atoms with Gasteiger partial charge in [-0.05, 0) is 18.3 Å². The van der Waals surface area contributed by atoms with Gasteiger partial charge in [-0.1, -0.05) is 6.92 Å². The molecule has 2 rings (SSSR count). The molecule has 1 aliphatic carbocycles. The lowest BCUT2D eigenvalue weighted by atomic mass is 10.3. The van der Waals surface area contributed by atoms with E-state index in [-0.39, 0.29) is 0 Å². The second-order valence-corrected chi connectivity index (χ2v) is 4.43. The average Bonchev–Trinajstić information content (AvgIpc) is 2.94. The standard InChI is InChI=1S/C11H18N4/c1-8-3-9(8)7-15(2)11-6-13-5-10(4-12)14-11/h5-6,8-9H,3-4,7,12H2,1-2H3. The smallest absolute Gasteiger partial charge is 0.147 e. The minimum atomic E-state index is 0.453. The molecule has 2 unspecified atom stereocenters. The lowest BCUT2D eigenvalue weighted by Gasteiger charge is -2.17. The molecule has 2 atom stereocenters. The molecule has 4 nitrogen and oxygen atoms in total. The van der Waals surface area contributed by atoms with Gasteiger partial charge in [0.15, 0.2) is 0 Å². The SMILES string of the molecule is CC1CC1CN(C)c1cncc(CN)n1. The third-order valence-electron chi connectivity index (χ3n) is 3.06. The van der Waals surface area contributed by atoms with Crippen LogP contribution in [0.4, 0.5) is 5.82 Å². The van der Waals surface area contributed by atoms with E-state index in [1.165, 1.54) is 6.42 Å². The van der Waals surface area contributed by atoms with E-state index in [2.05, 4.69) is 28.8 Å². The molecule has 0 bridgehead atoms. The number of hydrogen-bond donors (Lipinski definition) is 1. The molecular weight excluding hydrogens is 188 g/mol. The van der Waals surface area contributed by atoms with Crippen molar-refractivity contribution in [1.82, 2.24) is 9.97 Å². The first kappa shape index (κ1) is 10.4. The molecule has 1 aromatic rings. The fourth-order valence-corrected chi connectivity index (χ4v) is 1.78. The molecule has 0 amide bonds. The van der Waals surface area contributed by atoms with E-state index >= 15 is 0 Å². The number of nitrogens with two attached hydrogens (primary N) is 1. The number of rotatable bonds is 4. The highest BCUT2D eigenvalue weighted by Crippen LogP contribution is 2.38. The zero-order chi connectivity index (χ0) is 10.8. The molecular formula is C11H18N4. The van der Waals surface area contributed by atoms with Crippen LogP contribution in [-0.4, -0.2) is 23.6 Å². The number of nitrogens with zero attached hydrogens (tertiary/aromatic N) is 3. The Morgan fingerprint density at radius 1 is 1.53 bits per heavy atom. The van der Waals surface area contributed by atoms with Crippen LogP contribution in [0.5, 0.6) is 0 Å². The fraction of sp³-hybridized carbons (Fsp3) is 0.636. The second-order valence-electron chi connectivity index (χ2n) is 4.43. The molecule has 1 aliphatic rings. The summed E-state index contributed by atoms with van der Waals surface area (Å²) in [6.07, 6.45) is 4.86. The first-order valence-corrected chi connectivity index (χ1v) is 5.43. The van der Waals surface area contributed by atoms with Crippen LogP contribution < -0.4 is 10.6 Å². The Labute approximate surface area is 90.5 Å². The van der Waals surface area contributed by atoms with Gasteiger partial charge in [0.25, 0.3) is 0 Å². The molecule has 15 heavy (non-hydrogen) atoms. The van der Waals surface area contributed by atoms with Crippen molar-refractivity contribution in [3.05, 3.63) is 18.1 Å². The van der Waals surface area contributed by atoms with Crippen LogP contribution >= 0.6 is 0 Å². The van der Waals surface area contributed by atoms with Crippen LogP contribution in [0, 0.1) is 11.8 Å². The van der Waals surface area contributed by atoms with Gasteiger partial charge in [0, 0.05) is 26.3 Å². The Morgan fingerprint density at radius 2 is 2.27 bits per heavy atom. The molecule has 0 radical (unpaired) electrons. The van der Waals surface area contributed by atoms with Crippen LogP contribution in [0.1, 0.15) is 19.0 Å². The van der Waals surface area contributed by atoms with Gasteiger partial charge >= 0.3 is 0 Å². The van der Waals surface area contributed by atoms with Crippen molar-refractivity contribution in [2.24, 2.45) is 17.6 Å². The number of hydrogen-bond acceptors (Lipinski definition) is 4. The summed E-state index contributed by atoms with van der Waals surface area (Å²) in [6, 6.07) is 0. The highest BCUT2D eigenvalue weighted by molar-refractivity contribution is 5.35. The van der Waals surface area contributed by atoms with Crippen molar-refractivity contribution < 1.29 is 0 Å². The lowest BCUT2D eigenvalue weighted by Crippen LogP contribution is -2.22. The third-order valence-corrected chi connectivity index (χ3v) is 3.06. The largest absolute Gasteiger partial charge is 0.358 e. The zero-order valence-electron chi connectivity index (χ0n) is 9.35. The van der Waals surface area contributed by atoms with Crippen LogP contribution in [0.2, 0.25) is 0 Å². The van der Waals surface area contributed by atoms with Crippen LogP contribution in [0.25, 0.3) is 0 Å². The van der Waals surface area contributed by atoms with Gasteiger partial charge in [-0.3, -0.25) is 4.98 Å². The van der Waals surface area contributed by atoms with Crippen LogP contribution in [0.3, 0.4) is 0 Å². The topological polar surface area (TPSA) is 55.0 Å². The average molecular weight is 206 g/mol. The van der Waals surface area contributed by atoms with Gasteiger partial charge in [-0.15, -0.1) is 0 Å². The summed E-state index contributed by atoms with van der Waals surface area (Å²) in [4.78, 5) is 10.7. The van der Waals surface area contributed by atoms with Gasteiger partial charge < -0.3 is 10.6 Å². The highest BCUT2D eigenvalue weighted by Gasteiger charge is 2.33. The van der Waals surface area contributed by atoms with Crippen molar-refractivity contribution in [1.29, 1.82) is 0 Å². The first-order chi connectivity index (χ1) is 7.20. The fourth-order valence-electron chi connectivity index (χ4n) is 1.78. The molecule has 4 heteroatoms. The van der Waals surface area contributed by atoms with Crippen molar-refractivity contribution >= 4 is 5.82 Å². The van der Waals surface area contributed by atoms with Crippen molar-refractivity contribution in [2.45, 2.75) is 19.9 Å². The van der Waals surface area contributed by atoms with Crippen LogP contribution in [0.15, 0.2) is 12.4 Å². The molecule has 1 fully saturated rings. The first-order valence-electron chi connectivity index (χ1n) is 5.43. The summed E-state index contributed by atoms with van der Waals surface area (Å²) in [5.41, 5.74) is 6.38. The quantitative estimate of drug-likeness (QED) is 0.799. The molecule has 1 saturated carbocycles.